The van der Waals surface area contributed by atoms with Gasteiger partial charge in [0.2, 0.25) is 0 Å². The Labute approximate surface area is 127 Å². The number of nitrogens with zero attached hydrogens (tertiary/aromatic N) is 2. The molecule has 0 radical (unpaired) electrons. The van der Waals surface area contributed by atoms with Crippen molar-refractivity contribution >= 4 is 28.6 Å². The van der Waals surface area contributed by atoms with Crippen molar-refractivity contribution in [2.24, 2.45) is 12.8 Å². The Morgan fingerprint density at radius 1 is 1.24 bits per heavy atom. The lowest BCUT2D eigenvalue weighted by molar-refractivity contribution is 0.0991. The van der Waals surface area contributed by atoms with Crippen molar-refractivity contribution in [1.29, 1.82) is 0 Å². The van der Waals surface area contributed by atoms with E-state index < -0.39 is 0 Å². The van der Waals surface area contributed by atoms with Crippen LogP contribution in [0.25, 0.3) is 11.0 Å². The molecule has 21 heavy (non-hydrogen) atoms. The minimum atomic E-state index is -0.0751. The highest BCUT2D eigenvalue weighted by molar-refractivity contribution is 7.99. The summed E-state index contributed by atoms with van der Waals surface area (Å²) in [7, 11) is 1.88. The van der Waals surface area contributed by atoms with Crippen LogP contribution in [-0.4, -0.2) is 21.9 Å². The second kappa shape index (κ2) is 5.71. The Balaban J connectivity index is 2.21. The molecule has 0 aliphatic carbocycles. The predicted octanol–water partition coefficient (Wildman–Crippen LogP) is 2.87. The van der Waals surface area contributed by atoms with Gasteiger partial charge in [-0.15, -0.1) is 0 Å². The number of aromatic nitrogens is 2. The van der Waals surface area contributed by atoms with Crippen molar-refractivity contribution in [1.82, 2.24) is 9.55 Å². The lowest BCUT2D eigenvalue weighted by Gasteiger charge is -2.05. The first-order valence-electron chi connectivity index (χ1n) is 6.62. The molecule has 0 fully saturated rings. The summed E-state index contributed by atoms with van der Waals surface area (Å²) in [6.45, 7) is -0.00743. The highest BCUT2D eigenvalue weighted by atomic mass is 32.2. The Kier molecular flexibility index (Phi) is 3.77. The van der Waals surface area contributed by atoms with Gasteiger partial charge in [0, 0.05) is 18.1 Å². The van der Waals surface area contributed by atoms with Crippen LogP contribution in [0.3, 0.4) is 0 Å². The summed E-state index contributed by atoms with van der Waals surface area (Å²) in [6.07, 6.45) is 1.74. The fourth-order valence-electron chi connectivity index (χ4n) is 2.34. The predicted molar refractivity (Wildman–Crippen MR) is 84.7 cm³/mol. The summed E-state index contributed by atoms with van der Waals surface area (Å²) >= 11 is 1.55. The van der Waals surface area contributed by atoms with E-state index in [0.717, 1.165) is 20.8 Å². The van der Waals surface area contributed by atoms with E-state index in [0.29, 0.717) is 5.69 Å². The maximum atomic E-state index is 12.2. The third kappa shape index (κ3) is 2.46. The number of fused-ring (bicyclic) bond motifs is 1. The van der Waals surface area contributed by atoms with Crippen LogP contribution in [0.1, 0.15) is 10.5 Å². The second-order valence-corrected chi connectivity index (χ2v) is 5.73. The van der Waals surface area contributed by atoms with Gasteiger partial charge < -0.3 is 10.3 Å². The highest BCUT2D eigenvalue weighted by Gasteiger charge is 2.21. The van der Waals surface area contributed by atoms with Gasteiger partial charge >= 0.3 is 0 Å². The largest absolute Gasteiger partial charge is 0.339 e. The first kappa shape index (κ1) is 13.9. The highest BCUT2D eigenvalue weighted by Crippen LogP contribution is 2.37. The molecule has 0 aliphatic heterocycles. The van der Waals surface area contributed by atoms with Crippen molar-refractivity contribution in [3.05, 3.63) is 54.4 Å². The molecule has 2 N–H and O–H groups in total. The van der Waals surface area contributed by atoms with Crippen molar-refractivity contribution in [2.75, 3.05) is 6.54 Å². The number of ketones is 1. The van der Waals surface area contributed by atoms with Crippen molar-refractivity contribution in [3.63, 3.8) is 0 Å². The summed E-state index contributed by atoms with van der Waals surface area (Å²) in [5.41, 5.74) is 7.97. The van der Waals surface area contributed by atoms with E-state index in [9.17, 15) is 4.79 Å². The van der Waals surface area contributed by atoms with Crippen molar-refractivity contribution in [3.8, 4) is 0 Å². The fourth-order valence-corrected chi connectivity index (χ4v) is 3.47. The van der Waals surface area contributed by atoms with Crippen LogP contribution in [0.5, 0.6) is 0 Å². The number of rotatable bonds is 4. The number of pyridine rings is 1. The molecule has 2 heterocycles. The summed E-state index contributed by atoms with van der Waals surface area (Å²) in [5.74, 6) is -0.0751. The van der Waals surface area contributed by atoms with Crippen LogP contribution < -0.4 is 5.73 Å². The number of benzene rings is 1. The lowest BCUT2D eigenvalue weighted by Crippen LogP contribution is -2.17. The topological polar surface area (TPSA) is 60.9 Å². The van der Waals surface area contributed by atoms with Gasteiger partial charge in [-0.3, -0.25) is 9.78 Å². The Hall–Kier alpha value is -2.11. The first-order chi connectivity index (χ1) is 10.2. The van der Waals surface area contributed by atoms with Crippen LogP contribution in [0.4, 0.5) is 0 Å². The minimum absolute atomic E-state index is 0.00743. The Bertz CT molecular complexity index is 796. The Morgan fingerprint density at radius 3 is 2.71 bits per heavy atom. The molecule has 0 unspecified atom stereocenters. The van der Waals surface area contributed by atoms with Crippen LogP contribution in [0.15, 0.2) is 58.5 Å². The second-order valence-electron chi connectivity index (χ2n) is 4.65. The molecule has 0 atom stereocenters. The normalized spacial score (nSPS) is 11.0. The zero-order valence-electron chi connectivity index (χ0n) is 11.6. The smallest absolute Gasteiger partial charge is 0.193 e. The molecule has 0 aliphatic rings. The third-order valence-corrected chi connectivity index (χ3v) is 4.42. The summed E-state index contributed by atoms with van der Waals surface area (Å²) in [6, 6.07) is 13.8. The van der Waals surface area contributed by atoms with Gasteiger partial charge in [-0.05, 0) is 24.3 Å². The fraction of sp³-hybridized carbons (Fsp3) is 0.125. The molecule has 2 aromatic heterocycles. The number of Topliss-reactive ketones (excluding diaryl/α,β-unsaturated/α-hetero) is 1. The van der Waals surface area contributed by atoms with Crippen LogP contribution in [-0.2, 0) is 7.05 Å². The molecule has 0 bridgehead atoms. The molecule has 1 aromatic carbocycles. The molecular formula is C16H15N3OS. The number of nitrogens with two attached hydrogens (primary N) is 1. The zero-order chi connectivity index (χ0) is 14.8. The van der Waals surface area contributed by atoms with E-state index in [1.54, 1.807) is 18.0 Å². The molecule has 4 nitrogen and oxygen atoms in total. The third-order valence-electron chi connectivity index (χ3n) is 3.33. The molecule has 106 valence electrons. The van der Waals surface area contributed by atoms with E-state index >= 15 is 0 Å². The standard InChI is InChI=1S/C16H15N3OS/c1-19-12-8-5-9-18-14(12)16(15(19)13(20)10-17)21-11-6-3-2-4-7-11/h2-9H,10,17H2,1H3. The van der Waals surface area contributed by atoms with Gasteiger partial charge in [-0.2, -0.15) is 0 Å². The average Bonchev–Trinajstić information content (AvgIpc) is 2.81. The molecule has 3 rings (SSSR count). The molecule has 3 aromatic rings. The number of carbonyl (C=O) groups is 1. The van der Waals surface area contributed by atoms with Gasteiger partial charge in [-0.1, -0.05) is 30.0 Å². The van der Waals surface area contributed by atoms with Crippen LogP contribution in [0, 0.1) is 0 Å². The van der Waals surface area contributed by atoms with E-state index in [1.807, 2.05) is 54.1 Å². The van der Waals surface area contributed by atoms with Crippen molar-refractivity contribution < 1.29 is 4.79 Å². The number of hydrogen-bond donors (Lipinski definition) is 1. The van der Waals surface area contributed by atoms with Gasteiger partial charge in [-0.25, -0.2) is 0 Å². The molecule has 0 spiro atoms. The number of hydrogen-bond acceptors (Lipinski definition) is 4. The summed E-state index contributed by atoms with van der Waals surface area (Å²) < 4.78 is 1.88. The molecule has 5 heteroatoms. The quantitative estimate of drug-likeness (QED) is 0.752. The molecule has 0 saturated heterocycles. The molecule has 0 amide bonds. The van der Waals surface area contributed by atoms with E-state index in [-0.39, 0.29) is 12.3 Å². The Morgan fingerprint density at radius 2 is 2.00 bits per heavy atom. The van der Waals surface area contributed by atoms with Gasteiger partial charge in [0.25, 0.3) is 0 Å². The maximum absolute atomic E-state index is 12.2. The van der Waals surface area contributed by atoms with E-state index in [4.69, 9.17) is 5.73 Å². The van der Waals surface area contributed by atoms with Gasteiger partial charge in [0.05, 0.1) is 17.0 Å². The van der Waals surface area contributed by atoms with Crippen LogP contribution >= 0.6 is 11.8 Å². The maximum Gasteiger partial charge on any atom is 0.193 e. The van der Waals surface area contributed by atoms with Gasteiger partial charge in [0.1, 0.15) is 11.2 Å². The average molecular weight is 297 g/mol. The minimum Gasteiger partial charge on any atom is -0.339 e. The molecule has 0 saturated carbocycles. The van der Waals surface area contributed by atoms with Crippen molar-refractivity contribution in [2.45, 2.75) is 9.79 Å². The van der Waals surface area contributed by atoms with Gasteiger partial charge in [0.15, 0.2) is 5.78 Å². The van der Waals surface area contributed by atoms with E-state index in [2.05, 4.69) is 4.98 Å². The monoisotopic (exact) mass is 297 g/mol. The van der Waals surface area contributed by atoms with Crippen LogP contribution in [0.2, 0.25) is 0 Å². The number of aryl methyl sites for hydroxylation is 1. The summed E-state index contributed by atoms with van der Waals surface area (Å²) in [5, 5.41) is 0. The zero-order valence-corrected chi connectivity index (χ0v) is 12.4. The summed E-state index contributed by atoms with van der Waals surface area (Å²) in [4.78, 5) is 18.6. The van der Waals surface area contributed by atoms with E-state index in [1.165, 1.54) is 0 Å². The SMILES string of the molecule is Cn1c(C(=O)CN)c(Sc2ccccc2)c2ncccc21. The number of carbonyl (C=O) groups excluding carboxylic acids is 1. The molecular weight excluding hydrogens is 282 g/mol. The lowest BCUT2D eigenvalue weighted by atomic mass is 10.3. The first-order valence-corrected chi connectivity index (χ1v) is 7.43.